The fourth-order valence-corrected chi connectivity index (χ4v) is 1.30. The number of hydrogen-bond donors (Lipinski definition) is 1. The van der Waals surface area contributed by atoms with Crippen molar-refractivity contribution in [3.63, 3.8) is 0 Å². The van der Waals surface area contributed by atoms with Crippen molar-refractivity contribution >= 4 is 39.0 Å². The minimum atomic E-state index is -0.753. The highest BCUT2D eigenvalue weighted by molar-refractivity contribution is 9.09. The monoisotopic (exact) mass is 265 g/mol. The van der Waals surface area contributed by atoms with Crippen molar-refractivity contribution in [2.45, 2.75) is 0 Å². The van der Waals surface area contributed by atoms with E-state index < -0.39 is 5.82 Å². The standard InChI is InChI=1S/C8H6BrClFNO/c9-3-6(13)4-1-2-5(10)8(12)7(4)11/h1-2H,3,12H2. The van der Waals surface area contributed by atoms with Gasteiger partial charge in [0.2, 0.25) is 0 Å². The molecule has 0 atom stereocenters. The molecule has 0 fully saturated rings. The van der Waals surface area contributed by atoms with Crippen molar-refractivity contribution in [3.05, 3.63) is 28.5 Å². The highest BCUT2D eigenvalue weighted by Gasteiger charge is 2.14. The van der Waals surface area contributed by atoms with E-state index in [-0.39, 0.29) is 27.4 Å². The molecule has 0 aliphatic rings. The average molecular weight is 266 g/mol. The zero-order valence-electron chi connectivity index (χ0n) is 6.48. The molecule has 0 aliphatic carbocycles. The molecule has 2 N–H and O–H groups in total. The zero-order chi connectivity index (χ0) is 10.0. The Labute approximate surface area is 88.0 Å². The second-order valence-electron chi connectivity index (χ2n) is 2.38. The molecule has 0 saturated carbocycles. The van der Waals surface area contributed by atoms with Gasteiger partial charge >= 0.3 is 0 Å². The van der Waals surface area contributed by atoms with Crippen molar-refractivity contribution in [2.75, 3.05) is 11.1 Å². The third-order valence-electron chi connectivity index (χ3n) is 1.55. The van der Waals surface area contributed by atoms with Crippen LogP contribution in [0.3, 0.4) is 0 Å². The van der Waals surface area contributed by atoms with Gasteiger partial charge in [0.25, 0.3) is 0 Å². The Hall–Kier alpha value is -0.610. The minimum absolute atomic E-state index is 0.0428. The fraction of sp³-hybridized carbons (Fsp3) is 0.125. The average Bonchev–Trinajstić information content (AvgIpc) is 2.13. The fourth-order valence-electron chi connectivity index (χ4n) is 0.857. The molecule has 70 valence electrons. The van der Waals surface area contributed by atoms with Crippen LogP contribution in [0.25, 0.3) is 0 Å². The molecule has 0 radical (unpaired) electrons. The van der Waals surface area contributed by atoms with E-state index >= 15 is 0 Å². The van der Waals surface area contributed by atoms with Crippen molar-refractivity contribution in [3.8, 4) is 0 Å². The van der Waals surface area contributed by atoms with Crippen LogP contribution in [0.4, 0.5) is 10.1 Å². The Kier molecular flexibility index (Phi) is 3.27. The Morgan fingerprint density at radius 1 is 1.62 bits per heavy atom. The largest absolute Gasteiger partial charge is 0.395 e. The van der Waals surface area contributed by atoms with E-state index in [9.17, 15) is 9.18 Å². The van der Waals surface area contributed by atoms with Crippen LogP contribution in [-0.4, -0.2) is 11.1 Å². The molecule has 0 heterocycles. The molecule has 13 heavy (non-hydrogen) atoms. The molecule has 0 saturated heterocycles. The lowest BCUT2D eigenvalue weighted by Crippen LogP contribution is -2.06. The van der Waals surface area contributed by atoms with E-state index in [1.165, 1.54) is 12.1 Å². The van der Waals surface area contributed by atoms with Crippen molar-refractivity contribution in [1.82, 2.24) is 0 Å². The van der Waals surface area contributed by atoms with Crippen molar-refractivity contribution < 1.29 is 9.18 Å². The maximum absolute atomic E-state index is 13.2. The Morgan fingerprint density at radius 3 is 2.77 bits per heavy atom. The Morgan fingerprint density at radius 2 is 2.23 bits per heavy atom. The van der Waals surface area contributed by atoms with Crippen LogP contribution < -0.4 is 5.73 Å². The van der Waals surface area contributed by atoms with Gasteiger partial charge in [0.1, 0.15) is 0 Å². The summed E-state index contributed by atoms with van der Waals surface area (Å²) < 4.78 is 13.2. The number of nitrogens with two attached hydrogens (primary N) is 1. The van der Waals surface area contributed by atoms with Gasteiger partial charge in [0, 0.05) is 0 Å². The van der Waals surface area contributed by atoms with Gasteiger partial charge in [-0.15, -0.1) is 0 Å². The summed E-state index contributed by atoms with van der Waals surface area (Å²) in [5.41, 5.74) is 5.07. The maximum Gasteiger partial charge on any atom is 0.176 e. The lowest BCUT2D eigenvalue weighted by Gasteiger charge is -2.03. The van der Waals surface area contributed by atoms with Gasteiger partial charge in [-0.3, -0.25) is 4.79 Å². The summed E-state index contributed by atoms with van der Waals surface area (Å²) in [7, 11) is 0. The molecule has 0 aliphatic heterocycles. The van der Waals surface area contributed by atoms with E-state index in [0.29, 0.717) is 0 Å². The summed E-state index contributed by atoms with van der Waals surface area (Å²) in [5.74, 6) is -1.11. The van der Waals surface area contributed by atoms with Crippen molar-refractivity contribution in [1.29, 1.82) is 0 Å². The number of Topliss-reactive ketones (excluding diaryl/α,β-unsaturated/α-hetero) is 1. The number of rotatable bonds is 2. The summed E-state index contributed by atoms with van der Waals surface area (Å²) in [6.45, 7) is 0. The maximum atomic E-state index is 13.2. The summed E-state index contributed by atoms with van der Waals surface area (Å²) >= 11 is 8.48. The molecule has 0 amide bonds. The molecular weight excluding hydrogens is 260 g/mol. The van der Waals surface area contributed by atoms with E-state index in [1.807, 2.05) is 0 Å². The SMILES string of the molecule is Nc1c(Cl)ccc(C(=O)CBr)c1F. The van der Waals surface area contributed by atoms with Crippen LogP contribution in [0.5, 0.6) is 0 Å². The number of nitrogen functional groups attached to an aromatic ring is 1. The predicted octanol–water partition coefficient (Wildman–Crippen LogP) is 2.64. The third-order valence-corrected chi connectivity index (χ3v) is 2.39. The van der Waals surface area contributed by atoms with Crippen LogP contribution in [0.15, 0.2) is 12.1 Å². The first-order chi connectivity index (χ1) is 6.07. The smallest absolute Gasteiger partial charge is 0.176 e. The molecule has 0 unspecified atom stereocenters. The number of ketones is 1. The number of hydrogen-bond acceptors (Lipinski definition) is 2. The molecule has 0 aromatic heterocycles. The van der Waals surface area contributed by atoms with Gasteiger partial charge in [-0.25, -0.2) is 4.39 Å². The molecule has 0 spiro atoms. The lowest BCUT2D eigenvalue weighted by atomic mass is 10.1. The van der Waals surface area contributed by atoms with E-state index in [4.69, 9.17) is 17.3 Å². The molecule has 1 aromatic rings. The van der Waals surface area contributed by atoms with Crippen molar-refractivity contribution in [2.24, 2.45) is 0 Å². The number of anilines is 1. The summed E-state index contributed by atoms with van der Waals surface area (Å²) in [4.78, 5) is 11.1. The van der Waals surface area contributed by atoms with Gasteiger partial charge in [0.05, 0.1) is 21.6 Å². The van der Waals surface area contributed by atoms with Gasteiger partial charge in [0.15, 0.2) is 11.6 Å². The highest BCUT2D eigenvalue weighted by atomic mass is 79.9. The number of alkyl halides is 1. The quantitative estimate of drug-likeness (QED) is 0.508. The zero-order valence-corrected chi connectivity index (χ0v) is 8.82. The molecule has 1 aromatic carbocycles. The minimum Gasteiger partial charge on any atom is -0.395 e. The van der Waals surface area contributed by atoms with E-state index in [0.717, 1.165) is 0 Å². The van der Waals surface area contributed by atoms with Crippen LogP contribution in [0, 0.1) is 5.82 Å². The summed E-state index contributed by atoms with van der Waals surface area (Å²) in [6, 6.07) is 2.72. The predicted molar refractivity (Wildman–Crippen MR) is 53.9 cm³/mol. The normalized spacial score (nSPS) is 10.1. The van der Waals surface area contributed by atoms with Crippen LogP contribution in [-0.2, 0) is 0 Å². The third kappa shape index (κ3) is 2.00. The first-order valence-electron chi connectivity index (χ1n) is 3.40. The lowest BCUT2D eigenvalue weighted by molar-refractivity contribution is 0.102. The van der Waals surface area contributed by atoms with Crippen LogP contribution in [0.2, 0.25) is 5.02 Å². The number of halogens is 3. The molecule has 2 nitrogen and oxygen atoms in total. The first kappa shape index (κ1) is 10.5. The van der Waals surface area contributed by atoms with Crippen LogP contribution in [0.1, 0.15) is 10.4 Å². The number of carbonyl (C=O) groups is 1. The summed E-state index contributed by atoms with van der Waals surface area (Å²) in [6.07, 6.45) is 0. The van der Waals surface area contributed by atoms with Crippen LogP contribution >= 0.6 is 27.5 Å². The summed E-state index contributed by atoms with van der Waals surface area (Å²) in [5, 5.41) is 0.175. The molecule has 0 bridgehead atoms. The topological polar surface area (TPSA) is 43.1 Å². The van der Waals surface area contributed by atoms with E-state index in [2.05, 4.69) is 15.9 Å². The number of benzene rings is 1. The van der Waals surface area contributed by atoms with Gasteiger partial charge in [-0.2, -0.15) is 0 Å². The van der Waals surface area contributed by atoms with Gasteiger partial charge in [-0.1, -0.05) is 27.5 Å². The molecule has 1 rings (SSSR count). The Bertz CT molecular complexity index is 356. The first-order valence-corrected chi connectivity index (χ1v) is 4.90. The molecule has 5 heteroatoms. The van der Waals surface area contributed by atoms with Gasteiger partial charge < -0.3 is 5.73 Å². The second-order valence-corrected chi connectivity index (χ2v) is 3.35. The molecular formula is C8H6BrClFNO. The second kappa shape index (κ2) is 4.07. The van der Waals surface area contributed by atoms with E-state index in [1.54, 1.807) is 0 Å². The van der Waals surface area contributed by atoms with Gasteiger partial charge in [-0.05, 0) is 12.1 Å². The highest BCUT2D eigenvalue weighted by Crippen LogP contribution is 2.24. The Balaban J connectivity index is 3.26. The number of carbonyl (C=O) groups excluding carboxylic acids is 1.